The number of nitrogens with zero attached hydrogens (tertiary/aromatic N) is 4. The maximum Gasteiger partial charge on any atom is 0.340 e. The van der Waals surface area contributed by atoms with Crippen LogP contribution in [0.2, 0.25) is 0 Å². The molecule has 36 heavy (non-hydrogen) atoms. The first kappa shape index (κ1) is 26.1. The lowest BCUT2D eigenvalue weighted by Crippen LogP contribution is -2.29. The first-order chi connectivity index (χ1) is 17.0. The number of aromatic nitrogens is 3. The topological polar surface area (TPSA) is 115 Å². The first-order valence-electron chi connectivity index (χ1n) is 12.1. The van der Waals surface area contributed by atoms with Crippen LogP contribution in [0.1, 0.15) is 61.6 Å². The Morgan fingerprint density at radius 3 is 2.53 bits per heavy atom. The average molecular weight is 511 g/mol. The molecule has 1 aliphatic heterocycles. The minimum atomic E-state index is -0.584. The summed E-state index contributed by atoms with van der Waals surface area (Å²) >= 11 is 3.80. The van der Waals surface area contributed by atoms with Gasteiger partial charge in [-0.05, 0) is 83.3 Å². The van der Waals surface area contributed by atoms with Crippen LogP contribution in [0.4, 0.5) is 11.6 Å². The molecule has 0 spiro atoms. The number of hydrogen-bond donors (Lipinski definition) is 3. The third kappa shape index (κ3) is 6.05. The Kier molecular flexibility index (Phi) is 7.67. The molecule has 0 amide bonds. The monoisotopic (exact) mass is 510 g/mol. The van der Waals surface area contributed by atoms with Crippen molar-refractivity contribution in [2.24, 2.45) is 5.73 Å². The zero-order valence-electron chi connectivity index (χ0n) is 21.4. The summed E-state index contributed by atoms with van der Waals surface area (Å²) in [7, 11) is 3.73. The number of carbonyl (C=O) groups is 1. The van der Waals surface area contributed by atoms with E-state index in [9.17, 15) is 4.79 Å². The zero-order chi connectivity index (χ0) is 26.0. The molecule has 9 nitrogen and oxygen atoms in total. The zero-order valence-corrected chi connectivity index (χ0v) is 22.3. The first-order valence-corrected chi connectivity index (χ1v) is 12.5. The molecule has 0 saturated heterocycles. The number of thiol groups is 1. The van der Waals surface area contributed by atoms with Crippen molar-refractivity contribution in [1.82, 2.24) is 19.3 Å². The molecule has 5 rings (SSSR count). The summed E-state index contributed by atoms with van der Waals surface area (Å²) in [6.07, 6.45) is 7.47. The predicted molar refractivity (Wildman–Crippen MR) is 144 cm³/mol. The van der Waals surface area contributed by atoms with Crippen LogP contribution >= 0.6 is 12.8 Å². The van der Waals surface area contributed by atoms with Crippen molar-refractivity contribution in [3.8, 4) is 5.88 Å². The second-order valence-electron chi connectivity index (χ2n) is 10.1. The molecule has 0 aromatic carbocycles. The van der Waals surface area contributed by atoms with Gasteiger partial charge in [0.1, 0.15) is 23.8 Å². The molecule has 0 bridgehead atoms. The van der Waals surface area contributed by atoms with Gasteiger partial charge < -0.3 is 20.5 Å². The van der Waals surface area contributed by atoms with Gasteiger partial charge >= 0.3 is 5.97 Å². The van der Waals surface area contributed by atoms with Gasteiger partial charge in [-0.1, -0.05) is 12.8 Å². The Labute approximate surface area is 217 Å². The molecule has 1 unspecified atom stereocenters. The van der Waals surface area contributed by atoms with Crippen molar-refractivity contribution in [3.63, 3.8) is 0 Å². The Morgan fingerprint density at radius 2 is 1.89 bits per heavy atom. The molecule has 0 radical (unpaired) electrons. The molecule has 192 valence electrons. The van der Waals surface area contributed by atoms with E-state index in [4.69, 9.17) is 15.2 Å². The van der Waals surface area contributed by atoms with Gasteiger partial charge in [-0.2, -0.15) is 0 Å². The van der Waals surface area contributed by atoms with E-state index in [1.165, 1.54) is 6.42 Å². The number of rotatable bonds is 5. The number of esters is 1. The summed E-state index contributed by atoms with van der Waals surface area (Å²) in [6.45, 7) is 5.77. The van der Waals surface area contributed by atoms with Crippen molar-refractivity contribution < 1.29 is 14.3 Å². The SMILES string of the molecule is CC1Cc2nc(Nc3cc4c(C(C)(C)N)cnc(OC5CCC5)c4cn3)ccc2C(=O)O1.CN(C)S. The summed E-state index contributed by atoms with van der Waals surface area (Å²) in [4.78, 5) is 25.8. The van der Waals surface area contributed by atoms with E-state index in [0.717, 1.165) is 34.9 Å². The van der Waals surface area contributed by atoms with Gasteiger partial charge in [0.05, 0.1) is 16.6 Å². The van der Waals surface area contributed by atoms with Crippen LogP contribution in [0.3, 0.4) is 0 Å². The van der Waals surface area contributed by atoms with E-state index in [-0.39, 0.29) is 18.2 Å². The molecular weight excluding hydrogens is 476 g/mol. The molecule has 4 heterocycles. The van der Waals surface area contributed by atoms with Crippen LogP contribution in [-0.2, 0) is 16.7 Å². The molecule has 1 saturated carbocycles. The minimum absolute atomic E-state index is 0.188. The second-order valence-corrected chi connectivity index (χ2v) is 10.9. The summed E-state index contributed by atoms with van der Waals surface area (Å²) < 4.78 is 13.1. The van der Waals surface area contributed by atoms with Gasteiger partial charge in [0, 0.05) is 24.4 Å². The summed E-state index contributed by atoms with van der Waals surface area (Å²) in [5.41, 5.74) is 8.00. The highest BCUT2D eigenvalue weighted by Crippen LogP contribution is 2.35. The number of hydrogen-bond acceptors (Lipinski definition) is 10. The quantitative estimate of drug-likeness (QED) is 0.339. The number of pyridine rings is 3. The molecule has 3 aromatic rings. The number of nitrogens with one attached hydrogen (secondary N) is 1. The van der Waals surface area contributed by atoms with E-state index >= 15 is 0 Å². The van der Waals surface area contributed by atoms with Crippen LogP contribution in [0.15, 0.2) is 30.6 Å². The van der Waals surface area contributed by atoms with Gasteiger partial charge in [-0.3, -0.25) is 4.31 Å². The smallest absolute Gasteiger partial charge is 0.340 e. The largest absolute Gasteiger partial charge is 0.474 e. The van der Waals surface area contributed by atoms with Crippen molar-refractivity contribution in [2.75, 3.05) is 19.4 Å². The number of fused-ring (bicyclic) bond motifs is 2. The van der Waals surface area contributed by atoms with Crippen molar-refractivity contribution in [1.29, 1.82) is 0 Å². The maximum absolute atomic E-state index is 12.1. The molecular formula is C26H34N6O3S. The lowest BCUT2D eigenvalue weighted by atomic mass is 9.92. The Balaban J connectivity index is 0.000000709. The lowest BCUT2D eigenvalue weighted by Gasteiger charge is -2.27. The molecule has 1 aliphatic carbocycles. The number of cyclic esters (lactones) is 1. The fraction of sp³-hybridized carbons (Fsp3) is 0.462. The van der Waals surface area contributed by atoms with Crippen molar-refractivity contribution in [2.45, 2.75) is 64.2 Å². The Morgan fingerprint density at radius 1 is 1.17 bits per heavy atom. The van der Waals surface area contributed by atoms with Crippen molar-refractivity contribution >= 4 is 41.2 Å². The minimum Gasteiger partial charge on any atom is -0.474 e. The highest BCUT2D eigenvalue weighted by atomic mass is 32.1. The van der Waals surface area contributed by atoms with Gasteiger partial charge in [-0.25, -0.2) is 19.7 Å². The fourth-order valence-electron chi connectivity index (χ4n) is 4.04. The van der Waals surface area contributed by atoms with Crippen LogP contribution < -0.4 is 15.8 Å². The van der Waals surface area contributed by atoms with E-state index in [1.54, 1.807) is 28.8 Å². The molecule has 10 heteroatoms. The number of nitrogens with two attached hydrogens (primary N) is 1. The highest BCUT2D eigenvalue weighted by molar-refractivity contribution is 7.77. The maximum atomic E-state index is 12.1. The predicted octanol–water partition coefficient (Wildman–Crippen LogP) is 4.39. The van der Waals surface area contributed by atoms with Crippen LogP contribution in [0.25, 0.3) is 10.8 Å². The number of anilines is 2. The third-order valence-corrected chi connectivity index (χ3v) is 6.00. The standard InChI is InChI=1S/C24H27N5O3.C2H7NS/c1-13-9-19-15(23(30)31-13)7-8-20(28-19)29-21-10-16-17(11-26-21)22(32-14-5-4-6-14)27-12-18(16)24(2,3)25;1-3(2)4/h7-8,10-14H,4-6,9,25H2,1-3H3,(H,26,28,29);4H,1-2H3. The van der Waals surface area contributed by atoms with E-state index in [0.29, 0.717) is 29.5 Å². The van der Waals surface area contributed by atoms with E-state index < -0.39 is 5.54 Å². The van der Waals surface area contributed by atoms with Crippen LogP contribution in [0, 0.1) is 0 Å². The Bertz CT molecular complexity index is 1250. The normalized spacial score (nSPS) is 17.6. The highest BCUT2D eigenvalue weighted by Gasteiger charge is 2.26. The second kappa shape index (κ2) is 10.6. The van der Waals surface area contributed by atoms with E-state index in [1.807, 2.05) is 40.9 Å². The van der Waals surface area contributed by atoms with E-state index in [2.05, 4.69) is 33.1 Å². The van der Waals surface area contributed by atoms with Gasteiger partial charge in [0.15, 0.2) is 0 Å². The van der Waals surface area contributed by atoms with Crippen LogP contribution in [0.5, 0.6) is 5.88 Å². The average Bonchev–Trinajstić information content (AvgIpc) is 2.74. The van der Waals surface area contributed by atoms with Crippen LogP contribution in [-0.4, -0.2) is 51.5 Å². The van der Waals surface area contributed by atoms with Gasteiger partial charge in [0.25, 0.3) is 0 Å². The number of carbonyl (C=O) groups excluding carboxylic acids is 1. The molecule has 3 N–H and O–H groups in total. The fourth-order valence-corrected chi connectivity index (χ4v) is 4.04. The Hall–Kier alpha value is -2.95. The molecule has 3 aromatic heterocycles. The summed E-state index contributed by atoms with van der Waals surface area (Å²) in [5.74, 6) is 1.51. The van der Waals surface area contributed by atoms with Gasteiger partial charge in [0.2, 0.25) is 5.88 Å². The summed E-state index contributed by atoms with van der Waals surface area (Å²) in [5, 5.41) is 5.04. The molecule has 1 atom stereocenters. The lowest BCUT2D eigenvalue weighted by molar-refractivity contribution is 0.0297. The number of ether oxygens (including phenoxy) is 2. The molecule has 2 aliphatic rings. The van der Waals surface area contributed by atoms with Gasteiger partial charge in [-0.15, -0.1) is 0 Å². The molecule has 1 fully saturated rings. The summed E-state index contributed by atoms with van der Waals surface area (Å²) in [6, 6.07) is 5.45. The van der Waals surface area contributed by atoms with Crippen molar-refractivity contribution in [3.05, 3.63) is 47.4 Å². The third-order valence-electron chi connectivity index (χ3n) is 6.00.